The molecule has 0 bridgehead atoms. The third-order valence-corrected chi connectivity index (χ3v) is 6.33. The smallest absolute Gasteiger partial charge is 0.193 e. The number of fused-ring (bicyclic) bond motifs is 1. The van der Waals surface area contributed by atoms with Crippen molar-refractivity contribution in [1.29, 1.82) is 0 Å². The zero-order valence-electron chi connectivity index (χ0n) is 19.2. The number of unbranched alkanes of at least 4 members (excludes halogenated alkanes) is 1. The molecule has 1 aromatic carbocycles. The topological polar surface area (TPSA) is 52.6 Å². The molecule has 1 saturated heterocycles. The lowest BCUT2D eigenvalue weighted by Crippen LogP contribution is -2.46. The molecule has 7 nitrogen and oxygen atoms in total. The van der Waals surface area contributed by atoms with Gasteiger partial charge in [-0.25, -0.2) is 0 Å². The van der Waals surface area contributed by atoms with Crippen molar-refractivity contribution in [2.45, 2.75) is 32.7 Å². The SMILES string of the molecule is CCN1CCN(CCCCNC(=NC)N2CCc3cc(OC)c(OC)cc3C2)CC1. The highest BCUT2D eigenvalue weighted by Gasteiger charge is 2.21. The monoisotopic (exact) mass is 417 g/mol. The van der Waals surface area contributed by atoms with Gasteiger partial charge in [0.15, 0.2) is 17.5 Å². The Morgan fingerprint density at radius 3 is 2.27 bits per heavy atom. The highest BCUT2D eigenvalue weighted by Crippen LogP contribution is 2.33. The van der Waals surface area contributed by atoms with Crippen LogP contribution in [-0.4, -0.2) is 94.3 Å². The maximum absolute atomic E-state index is 5.48. The lowest BCUT2D eigenvalue weighted by Gasteiger charge is -2.34. The Morgan fingerprint density at radius 1 is 0.967 bits per heavy atom. The second-order valence-electron chi connectivity index (χ2n) is 8.10. The Bertz CT molecular complexity index is 701. The van der Waals surface area contributed by atoms with E-state index in [2.05, 4.69) is 44.1 Å². The number of methoxy groups -OCH3 is 2. The summed E-state index contributed by atoms with van der Waals surface area (Å²) in [5.41, 5.74) is 2.62. The fraction of sp³-hybridized carbons (Fsp3) is 0.696. The van der Waals surface area contributed by atoms with Gasteiger partial charge in [-0.2, -0.15) is 0 Å². The largest absolute Gasteiger partial charge is 0.493 e. The molecular formula is C23H39N5O2. The summed E-state index contributed by atoms with van der Waals surface area (Å²) in [5.74, 6) is 2.59. The van der Waals surface area contributed by atoms with Crippen molar-refractivity contribution in [3.05, 3.63) is 23.3 Å². The van der Waals surface area contributed by atoms with Crippen molar-refractivity contribution in [2.75, 3.05) is 73.6 Å². The maximum Gasteiger partial charge on any atom is 0.193 e. The minimum atomic E-state index is 0.792. The predicted octanol–water partition coefficient (Wildman–Crippen LogP) is 2.06. The first-order valence-corrected chi connectivity index (χ1v) is 11.3. The molecule has 0 atom stereocenters. The predicted molar refractivity (Wildman–Crippen MR) is 123 cm³/mol. The molecule has 2 aliphatic rings. The van der Waals surface area contributed by atoms with Crippen LogP contribution in [0.15, 0.2) is 17.1 Å². The van der Waals surface area contributed by atoms with Crippen molar-refractivity contribution in [2.24, 2.45) is 4.99 Å². The second-order valence-corrected chi connectivity index (χ2v) is 8.10. The van der Waals surface area contributed by atoms with Crippen LogP contribution in [0.5, 0.6) is 11.5 Å². The Morgan fingerprint density at radius 2 is 1.63 bits per heavy atom. The number of hydrogen-bond acceptors (Lipinski definition) is 5. The van der Waals surface area contributed by atoms with Crippen LogP contribution in [0.4, 0.5) is 0 Å². The molecular weight excluding hydrogens is 378 g/mol. The first kappa shape index (κ1) is 22.7. The highest BCUT2D eigenvalue weighted by atomic mass is 16.5. The summed E-state index contributed by atoms with van der Waals surface area (Å²) >= 11 is 0. The van der Waals surface area contributed by atoms with Crippen molar-refractivity contribution in [1.82, 2.24) is 20.0 Å². The van der Waals surface area contributed by atoms with Crippen LogP contribution in [0.25, 0.3) is 0 Å². The van der Waals surface area contributed by atoms with E-state index in [1.54, 1.807) is 14.2 Å². The average molecular weight is 418 g/mol. The summed E-state index contributed by atoms with van der Waals surface area (Å²) < 4.78 is 10.9. The molecule has 0 unspecified atom stereocenters. The molecule has 2 heterocycles. The number of aliphatic imine (C=N–C) groups is 1. The number of nitrogens with zero attached hydrogens (tertiary/aromatic N) is 4. The number of hydrogen-bond donors (Lipinski definition) is 1. The quantitative estimate of drug-likeness (QED) is 0.397. The zero-order chi connectivity index (χ0) is 21.3. The fourth-order valence-electron chi connectivity index (χ4n) is 4.39. The van der Waals surface area contributed by atoms with Crippen molar-refractivity contribution < 1.29 is 9.47 Å². The van der Waals surface area contributed by atoms with E-state index >= 15 is 0 Å². The summed E-state index contributed by atoms with van der Waals surface area (Å²) in [6, 6.07) is 4.22. The van der Waals surface area contributed by atoms with Crippen LogP contribution in [0.1, 0.15) is 30.9 Å². The molecule has 0 radical (unpaired) electrons. The van der Waals surface area contributed by atoms with E-state index in [0.717, 1.165) is 43.5 Å². The summed E-state index contributed by atoms with van der Waals surface area (Å²) in [6.07, 6.45) is 3.39. The van der Waals surface area contributed by atoms with E-state index in [1.807, 2.05) is 7.05 Å². The van der Waals surface area contributed by atoms with E-state index in [9.17, 15) is 0 Å². The van der Waals surface area contributed by atoms with Gasteiger partial charge in [0.05, 0.1) is 14.2 Å². The molecule has 0 spiro atoms. The second kappa shape index (κ2) is 11.4. The van der Waals surface area contributed by atoms with Crippen molar-refractivity contribution in [3.8, 4) is 11.5 Å². The van der Waals surface area contributed by atoms with E-state index in [4.69, 9.17) is 9.47 Å². The van der Waals surface area contributed by atoms with Crippen molar-refractivity contribution in [3.63, 3.8) is 0 Å². The number of benzene rings is 1. The highest BCUT2D eigenvalue weighted by molar-refractivity contribution is 5.80. The van der Waals surface area contributed by atoms with Gasteiger partial charge >= 0.3 is 0 Å². The van der Waals surface area contributed by atoms with Crippen LogP contribution >= 0.6 is 0 Å². The average Bonchev–Trinajstić information content (AvgIpc) is 2.80. The molecule has 1 N–H and O–H groups in total. The number of guanidine groups is 1. The van der Waals surface area contributed by atoms with Gasteiger partial charge in [-0.3, -0.25) is 4.99 Å². The summed E-state index contributed by atoms with van der Waals surface area (Å²) in [4.78, 5) is 12.0. The lowest BCUT2D eigenvalue weighted by molar-refractivity contribution is 0.136. The number of ether oxygens (including phenoxy) is 2. The van der Waals surface area contributed by atoms with E-state index in [-0.39, 0.29) is 0 Å². The Labute approximate surface area is 182 Å². The summed E-state index contributed by atoms with van der Waals surface area (Å²) in [7, 11) is 5.25. The molecule has 0 amide bonds. The molecule has 2 aliphatic heterocycles. The molecule has 0 aromatic heterocycles. The fourth-order valence-corrected chi connectivity index (χ4v) is 4.39. The number of likely N-dealkylation sites (N-methyl/N-ethyl adjacent to an activating group) is 1. The van der Waals surface area contributed by atoms with Gasteiger partial charge in [-0.1, -0.05) is 6.92 Å². The molecule has 3 rings (SSSR count). The molecule has 1 aromatic rings. The molecule has 1 fully saturated rings. The maximum atomic E-state index is 5.48. The third kappa shape index (κ3) is 5.79. The van der Waals surface area contributed by atoms with E-state index in [1.165, 1.54) is 63.2 Å². The van der Waals surface area contributed by atoms with Gasteiger partial charge in [0, 0.05) is 52.9 Å². The standard InChI is InChI=1S/C23H39N5O2/c1-5-26-12-14-27(15-13-26)10-7-6-9-25-23(24-2)28-11-8-19-16-21(29-3)22(30-4)17-20(19)18-28/h16-17H,5-15,18H2,1-4H3,(H,24,25). The minimum absolute atomic E-state index is 0.792. The first-order valence-electron chi connectivity index (χ1n) is 11.3. The number of nitrogens with one attached hydrogen (secondary N) is 1. The molecule has 30 heavy (non-hydrogen) atoms. The van der Waals surface area contributed by atoms with Gasteiger partial charge in [0.1, 0.15) is 0 Å². The summed E-state index contributed by atoms with van der Waals surface area (Å²) in [5, 5.41) is 3.57. The van der Waals surface area contributed by atoms with Gasteiger partial charge in [-0.05, 0) is 55.6 Å². The Hall–Kier alpha value is -1.99. The van der Waals surface area contributed by atoms with Crippen LogP contribution in [-0.2, 0) is 13.0 Å². The zero-order valence-corrected chi connectivity index (χ0v) is 19.2. The van der Waals surface area contributed by atoms with Crippen LogP contribution in [0.3, 0.4) is 0 Å². The summed E-state index contributed by atoms with van der Waals surface area (Å²) in [6.45, 7) is 12.3. The number of rotatable bonds is 8. The van der Waals surface area contributed by atoms with Crippen LogP contribution in [0, 0.1) is 0 Å². The first-order chi connectivity index (χ1) is 14.7. The van der Waals surface area contributed by atoms with E-state index < -0.39 is 0 Å². The van der Waals surface area contributed by atoms with Gasteiger partial charge in [0.25, 0.3) is 0 Å². The lowest BCUT2D eigenvalue weighted by atomic mass is 9.99. The van der Waals surface area contributed by atoms with E-state index in [0.29, 0.717) is 0 Å². The van der Waals surface area contributed by atoms with Gasteiger partial charge < -0.3 is 29.5 Å². The van der Waals surface area contributed by atoms with Gasteiger partial charge in [0.2, 0.25) is 0 Å². The van der Waals surface area contributed by atoms with Gasteiger partial charge in [-0.15, -0.1) is 0 Å². The van der Waals surface area contributed by atoms with Crippen LogP contribution < -0.4 is 14.8 Å². The normalized spacial score (nSPS) is 18.3. The molecule has 0 saturated carbocycles. The number of piperazine rings is 1. The molecule has 0 aliphatic carbocycles. The van der Waals surface area contributed by atoms with Crippen molar-refractivity contribution >= 4 is 5.96 Å². The Balaban J connectivity index is 1.42. The Kier molecular flexibility index (Phi) is 8.63. The third-order valence-electron chi connectivity index (χ3n) is 6.33. The molecule has 7 heteroatoms. The van der Waals surface area contributed by atoms with Crippen LogP contribution in [0.2, 0.25) is 0 Å². The molecule has 168 valence electrons. The minimum Gasteiger partial charge on any atom is -0.493 e.